The van der Waals surface area contributed by atoms with Crippen LogP contribution in [0.1, 0.15) is 17.2 Å². The lowest BCUT2D eigenvalue weighted by molar-refractivity contribution is 0.106. The molecule has 0 spiro atoms. The van der Waals surface area contributed by atoms with Crippen molar-refractivity contribution in [2.75, 3.05) is 27.8 Å². The number of ether oxygens (including phenoxy) is 2. The summed E-state index contributed by atoms with van der Waals surface area (Å²) in [5, 5.41) is 6.47. The van der Waals surface area contributed by atoms with Crippen molar-refractivity contribution in [2.24, 2.45) is 4.99 Å². The van der Waals surface area contributed by atoms with Crippen molar-refractivity contribution in [1.29, 1.82) is 0 Å². The minimum Gasteiger partial charge on any atom is -0.497 e. The van der Waals surface area contributed by atoms with Gasteiger partial charge in [-0.3, -0.25) is 4.99 Å². The molecule has 134 valence electrons. The Kier molecular flexibility index (Phi) is 7.22. The highest BCUT2D eigenvalue weighted by Crippen LogP contribution is 2.16. The molecule has 0 amide bonds. The Balaban J connectivity index is 1.86. The summed E-state index contributed by atoms with van der Waals surface area (Å²) < 4.78 is 23.7. The molecule has 0 saturated heterocycles. The van der Waals surface area contributed by atoms with Crippen LogP contribution in [0, 0.1) is 5.82 Å². The Hall–Kier alpha value is -2.60. The lowest BCUT2D eigenvalue weighted by Crippen LogP contribution is -2.39. The number of nitrogens with zero attached hydrogens (tertiary/aromatic N) is 1. The van der Waals surface area contributed by atoms with Crippen molar-refractivity contribution in [3.63, 3.8) is 0 Å². The normalized spacial score (nSPS) is 12.6. The second kappa shape index (κ2) is 9.64. The summed E-state index contributed by atoms with van der Waals surface area (Å²) in [6, 6.07) is 14.1. The van der Waals surface area contributed by atoms with Crippen molar-refractivity contribution >= 4 is 5.96 Å². The minimum atomic E-state index is -0.261. The van der Waals surface area contributed by atoms with Crippen molar-refractivity contribution in [3.05, 3.63) is 65.5 Å². The average Bonchev–Trinajstić information content (AvgIpc) is 2.66. The summed E-state index contributed by atoms with van der Waals surface area (Å²) in [6.07, 6.45) is -0.194. The molecule has 6 heteroatoms. The maximum Gasteiger partial charge on any atom is 0.191 e. The molecule has 2 rings (SSSR count). The third-order valence-corrected chi connectivity index (χ3v) is 3.82. The molecule has 0 bridgehead atoms. The minimum absolute atomic E-state index is 0.194. The molecule has 0 aromatic heterocycles. The first-order valence-electron chi connectivity index (χ1n) is 8.02. The van der Waals surface area contributed by atoms with Gasteiger partial charge in [0.1, 0.15) is 11.6 Å². The molecule has 0 saturated carbocycles. The Bertz CT molecular complexity index is 672. The van der Waals surface area contributed by atoms with Crippen LogP contribution >= 0.6 is 0 Å². The van der Waals surface area contributed by atoms with Gasteiger partial charge in [0.15, 0.2) is 5.96 Å². The van der Waals surface area contributed by atoms with E-state index in [-0.39, 0.29) is 11.9 Å². The van der Waals surface area contributed by atoms with Crippen LogP contribution in [0.25, 0.3) is 0 Å². The van der Waals surface area contributed by atoms with Crippen LogP contribution in [0.3, 0.4) is 0 Å². The summed E-state index contributed by atoms with van der Waals surface area (Å²) in [5.74, 6) is 1.23. The van der Waals surface area contributed by atoms with Gasteiger partial charge >= 0.3 is 0 Å². The lowest BCUT2D eigenvalue weighted by atomic mass is 10.1. The fourth-order valence-electron chi connectivity index (χ4n) is 2.35. The van der Waals surface area contributed by atoms with E-state index in [1.807, 2.05) is 24.3 Å². The van der Waals surface area contributed by atoms with E-state index >= 15 is 0 Å². The van der Waals surface area contributed by atoms with E-state index in [0.29, 0.717) is 19.0 Å². The third kappa shape index (κ3) is 5.76. The molecule has 0 aliphatic heterocycles. The van der Waals surface area contributed by atoms with E-state index in [0.717, 1.165) is 16.9 Å². The Labute approximate surface area is 147 Å². The van der Waals surface area contributed by atoms with Crippen LogP contribution in [0.2, 0.25) is 0 Å². The number of methoxy groups -OCH3 is 2. The smallest absolute Gasteiger partial charge is 0.191 e. The molecule has 0 fully saturated rings. The van der Waals surface area contributed by atoms with Gasteiger partial charge in [-0.25, -0.2) is 4.39 Å². The summed E-state index contributed by atoms with van der Waals surface area (Å²) in [5.41, 5.74) is 2.02. The van der Waals surface area contributed by atoms with Gasteiger partial charge in [0.25, 0.3) is 0 Å². The number of benzene rings is 2. The molecular weight excluding hydrogens is 321 g/mol. The number of halogens is 1. The Morgan fingerprint density at radius 1 is 1.04 bits per heavy atom. The summed E-state index contributed by atoms with van der Waals surface area (Å²) >= 11 is 0. The Morgan fingerprint density at radius 2 is 1.72 bits per heavy atom. The second-order valence-corrected chi connectivity index (χ2v) is 5.43. The predicted octanol–water partition coefficient (Wildman–Crippen LogP) is 2.89. The molecule has 1 unspecified atom stereocenters. The van der Waals surface area contributed by atoms with Crippen molar-refractivity contribution in [1.82, 2.24) is 10.6 Å². The van der Waals surface area contributed by atoms with Gasteiger partial charge in [-0.05, 0) is 35.4 Å². The highest BCUT2D eigenvalue weighted by Gasteiger charge is 2.11. The molecular formula is C19H24FN3O2. The average molecular weight is 345 g/mol. The molecule has 25 heavy (non-hydrogen) atoms. The molecule has 0 heterocycles. The molecule has 2 aromatic rings. The van der Waals surface area contributed by atoms with E-state index in [1.165, 1.54) is 12.1 Å². The standard InChI is InChI=1S/C19H24FN3O2/c1-21-19(22-12-14-4-10-17(24-2)11-5-14)23-13-18(25-3)15-6-8-16(20)9-7-15/h4-11,18H,12-13H2,1-3H3,(H2,21,22,23). The van der Waals surface area contributed by atoms with Gasteiger partial charge < -0.3 is 20.1 Å². The highest BCUT2D eigenvalue weighted by atomic mass is 19.1. The largest absolute Gasteiger partial charge is 0.497 e. The van der Waals surface area contributed by atoms with Crippen molar-refractivity contribution in [2.45, 2.75) is 12.6 Å². The van der Waals surface area contributed by atoms with E-state index in [2.05, 4.69) is 15.6 Å². The summed E-state index contributed by atoms with van der Waals surface area (Å²) in [4.78, 5) is 4.21. The SMILES string of the molecule is CN=C(NCc1ccc(OC)cc1)NCC(OC)c1ccc(F)cc1. The van der Waals surface area contributed by atoms with Crippen LogP contribution in [0.4, 0.5) is 4.39 Å². The number of nitrogens with one attached hydrogen (secondary N) is 2. The second-order valence-electron chi connectivity index (χ2n) is 5.43. The fourth-order valence-corrected chi connectivity index (χ4v) is 2.35. The first kappa shape index (κ1) is 18.7. The maximum atomic E-state index is 13.0. The van der Waals surface area contributed by atoms with Crippen LogP contribution in [0.5, 0.6) is 5.75 Å². The topological polar surface area (TPSA) is 54.9 Å². The first-order chi connectivity index (χ1) is 12.2. The van der Waals surface area contributed by atoms with Crippen LogP contribution in [0.15, 0.2) is 53.5 Å². The summed E-state index contributed by atoms with van der Waals surface area (Å²) in [7, 11) is 4.98. The van der Waals surface area contributed by atoms with Gasteiger partial charge in [0, 0.05) is 27.2 Å². The van der Waals surface area contributed by atoms with Crippen LogP contribution in [-0.2, 0) is 11.3 Å². The zero-order chi connectivity index (χ0) is 18.1. The number of hydrogen-bond donors (Lipinski definition) is 2. The van der Waals surface area contributed by atoms with Gasteiger partial charge in [-0.2, -0.15) is 0 Å². The van der Waals surface area contributed by atoms with Gasteiger partial charge in [-0.15, -0.1) is 0 Å². The monoisotopic (exact) mass is 345 g/mol. The van der Waals surface area contributed by atoms with Crippen molar-refractivity contribution < 1.29 is 13.9 Å². The number of aliphatic imine (C=N–C) groups is 1. The lowest BCUT2D eigenvalue weighted by Gasteiger charge is -2.19. The fraction of sp³-hybridized carbons (Fsp3) is 0.316. The molecule has 2 N–H and O–H groups in total. The molecule has 0 aliphatic carbocycles. The highest BCUT2D eigenvalue weighted by molar-refractivity contribution is 5.79. The zero-order valence-corrected chi connectivity index (χ0v) is 14.8. The van der Waals surface area contributed by atoms with Gasteiger partial charge in [0.2, 0.25) is 0 Å². The van der Waals surface area contributed by atoms with E-state index in [4.69, 9.17) is 9.47 Å². The van der Waals surface area contributed by atoms with Gasteiger partial charge in [0.05, 0.1) is 13.2 Å². The first-order valence-corrected chi connectivity index (χ1v) is 8.02. The molecule has 0 radical (unpaired) electrons. The van der Waals surface area contributed by atoms with Crippen molar-refractivity contribution in [3.8, 4) is 5.75 Å². The quantitative estimate of drug-likeness (QED) is 0.598. The zero-order valence-electron chi connectivity index (χ0n) is 14.8. The van der Waals surface area contributed by atoms with Gasteiger partial charge in [-0.1, -0.05) is 24.3 Å². The molecule has 5 nitrogen and oxygen atoms in total. The number of guanidine groups is 1. The molecule has 2 aromatic carbocycles. The maximum absolute atomic E-state index is 13.0. The molecule has 1 atom stereocenters. The van der Waals surface area contributed by atoms with E-state index in [1.54, 1.807) is 33.4 Å². The van der Waals surface area contributed by atoms with E-state index < -0.39 is 0 Å². The van der Waals surface area contributed by atoms with Crippen LogP contribution < -0.4 is 15.4 Å². The predicted molar refractivity (Wildman–Crippen MR) is 97.3 cm³/mol. The Morgan fingerprint density at radius 3 is 2.28 bits per heavy atom. The third-order valence-electron chi connectivity index (χ3n) is 3.82. The van der Waals surface area contributed by atoms with E-state index in [9.17, 15) is 4.39 Å². The molecule has 0 aliphatic rings. The number of hydrogen-bond acceptors (Lipinski definition) is 3. The van der Waals surface area contributed by atoms with Crippen LogP contribution in [-0.4, -0.2) is 33.8 Å². The summed E-state index contributed by atoms with van der Waals surface area (Å²) in [6.45, 7) is 1.16. The number of rotatable bonds is 7.